The van der Waals surface area contributed by atoms with E-state index in [0.29, 0.717) is 44.8 Å². The van der Waals surface area contributed by atoms with E-state index in [9.17, 15) is 14.4 Å². The van der Waals surface area contributed by atoms with Crippen LogP contribution in [0.3, 0.4) is 0 Å². The second-order valence-electron chi connectivity index (χ2n) is 9.02. The number of aryl methyl sites for hydroxylation is 2. The van der Waals surface area contributed by atoms with Crippen molar-refractivity contribution in [3.05, 3.63) is 82.8 Å². The van der Waals surface area contributed by atoms with E-state index in [2.05, 4.69) is 0 Å². The third kappa shape index (κ3) is 4.34. The lowest BCUT2D eigenvalue weighted by molar-refractivity contribution is -0.132. The van der Waals surface area contributed by atoms with Gasteiger partial charge in [-0.3, -0.25) is 18.7 Å². The third-order valence-electron chi connectivity index (χ3n) is 6.86. The number of nitrogens with zero attached hydrogens (tertiary/aromatic N) is 4. The molecule has 0 N–H and O–H groups in total. The van der Waals surface area contributed by atoms with Crippen molar-refractivity contribution in [1.29, 1.82) is 0 Å². The van der Waals surface area contributed by atoms with Crippen LogP contribution in [0, 0.1) is 0 Å². The van der Waals surface area contributed by atoms with E-state index in [1.165, 1.54) is 0 Å². The predicted molar refractivity (Wildman–Crippen MR) is 138 cm³/mol. The largest absolute Gasteiger partial charge is 0.339 e. The number of imidazole rings is 1. The van der Waals surface area contributed by atoms with Gasteiger partial charge in [0.2, 0.25) is 5.91 Å². The fourth-order valence-corrected chi connectivity index (χ4v) is 5.03. The molecule has 1 aromatic heterocycles. The van der Waals surface area contributed by atoms with Gasteiger partial charge in [-0.15, -0.1) is 0 Å². The fourth-order valence-electron chi connectivity index (χ4n) is 5.03. The Labute approximate surface area is 204 Å². The standard InChI is InChI=1S/C28H30N4O3/c1-2-15-31-24-12-5-6-13-25(24)32(28(31)35)16-14-26(33)29-17-19-30(20-18-29)27(34)23-11-7-9-21-8-3-4-10-22(21)23/h3-13H,2,14-20H2,1H3. The van der Waals surface area contributed by atoms with Crippen molar-refractivity contribution >= 4 is 33.6 Å². The monoisotopic (exact) mass is 470 g/mol. The zero-order chi connectivity index (χ0) is 24.4. The van der Waals surface area contributed by atoms with Gasteiger partial charge in [0.05, 0.1) is 11.0 Å². The van der Waals surface area contributed by atoms with Crippen LogP contribution in [0.1, 0.15) is 30.1 Å². The van der Waals surface area contributed by atoms with Crippen LogP contribution in [0.2, 0.25) is 0 Å². The molecule has 1 aliphatic rings. The van der Waals surface area contributed by atoms with E-state index >= 15 is 0 Å². The molecule has 7 nitrogen and oxygen atoms in total. The molecule has 0 saturated carbocycles. The minimum absolute atomic E-state index is 0.00387. The maximum absolute atomic E-state index is 13.2. The van der Waals surface area contributed by atoms with Gasteiger partial charge in [-0.25, -0.2) is 4.79 Å². The van der Waals surface area contributed by atoms with Gasteiger partial charge in [0.15, 0.2) is 0 Å². The Kier molecular flexibility index (Phi) is 6.40. The van der Waals surface area contributed by atoms with Crippen LogP contribution in [0.5, 0.6) is 0 Å². The van der Waals surface area contributed by atoms with E-state index in [0.717, 1.165) is 28.2 Å². The molecule has 0 aliphatic carbocycles. The molecule has 0 atom stereocenters. The minimum Gasteiger partial charge on any atom is -0.339 e. The number of hydrogen-bond donors (Lipinski definition) is 0. The zero-order valence-electron chi connectivity index (χ0n) is 20.0. The molecule has 0 bridgehead atoms. The highest BCUT2D eigenvalue weighted by Gasteiger charge is 2.26. The number of carbonyl (C=O) groups is 2. The zero-order valence-corrected chi connectivity index (χ0v) is 20.0. The number of piperazine rings is 1. The lowest BCUT2D eigenvalue weighted by atomic mass is 10.0. The van der Waals surface area contributed by atoms with Gasteiger partial charge < -0.3 is 9.80 Å². The minimum atomic E-state index is -0.0636. The number of amides is 2. The number of hydrogen-bond acceptors (Lipinski definition) is 3. The molecular weight excluding hydrogens is 440 g/mol. The van der Waals surface area contributed by atoms with Crippen LogP contribution in [-0.2, 0) is 17.9 Å². The fraction of sp³-hybridized carbons (Fsp3) is 0.321. The van der Waals surface area contributed by atoms with Gasteiger partial charge >= 0.3 is 5.69 Å². The summed E-state index contributed by atoms with van der Waals surface area (Å²) in [6.45, 7) is 5.07. The Morgan fingerprint density at radius 2 is 1.34 bits per heavy atom. The molecule has 35 heavy (non-hydrogen) atoms. The Balaban J connectivity index is 1.23. The van der Waals surface area contributed by atoms with Crippen molar-refractivity contribution in [2.45, 2.75) is 32.9 Å². The highest BCUT2D eigenvalue weighted by molar-refractivity contribution is 6.07. The van der Waals surface area contributed by atoms with Gasteiger partial charge in [0.1, 0.15) is 0 Å². The number of fused-ring (bicyclic) bond motifs is 2. The molecule has 7 heteroatoms. The number of rotatable bonds is 6. The Morgan fingerprint density at radius 1 is 0.743 bits per heavy atom. The highest BCUT2D eigenvalue weighted by Crippen LogP contribution is 2.21. The van der Waals surface area contributed by atoms with Gasteiger partial charge in [-0.05, 0) is 35.4 Å². The van der Waals surface area contributed by atoms with E-state index < -0.39 is 0 Å². The maximum atomic E-state index is 13.2. The lowest BCUT2D eigenvalue weighted by Crippen LogP contribution is -2.50. The summed E-state index contributed by atoms with van der Waals surface area (Å²) < 4.78 is 3.50. The Hall–Kier alpha value is -3.87. The van der Waals surface area contributed by atoms with Crippen molar-refractivity contribution in [2.75, 3.05) is 26.2 Å². The van der Waals surface area contributed by atoms with Crippen LogP contribution < -0.4 is 5.69 Å². The Morgan fingerprint density at radius 3 is 2.06 bits per heavy atom. The third-order valence-corrected chi connectivity index (χ3v) is 6.86. The molecule has 1 aliphatic heterocycles. The molecule has 3 aromatic carbocycles. The van der Waals surface area contributed by atoms with Gasteiger partial charge in [-0.2, -0.15) is 0 Å². The summed E-state index contributed by atoms with van der Waals surface area (Å²) in [7, 11) is 0. The summed E-state index contributed by atoms with van der Waals surface area (Å²) in [6.07, 6.45) is 1.13. The first-order chi connectivity index (χ1) is 17.1. The smallest absolute Gasteiger partial charge is 0.329 e. The first kappa shape index (κ1) is 22.9. The molecule has 2 heterocycles. The molecule has 2 amide bonds. The first-order valence-corrected chi connectivity index (χ1v) is 12.3. The molecule has 1 saturated heterocycles. The van der Waals surface area contributed by atoms with Crippen molar-refractivity contribution < 1.29 is 9.59 Å². The number of aromatic nitrogens is 2. The van der Waals surface area contributed by atoms with Crippen molar-refractivity contribution in [3.63, 3.8) is 0 Å². The maximum Gasteiger partial charge on any atom is 0.329 e. The van der Waals surface area contributed by atoms with Crippen LogP contribution in [0.15, 0.2) is 71.5 Å². The molecule has 4 aromatic rings. The summed E-state index contributed by atoms with van der Waals surface area (Å²) in [5, 5.41) is 1.99. The molecule has 0 unspecified atom stereocenters. The summed E-state index contributed by atoms with van der Waals surface area (Å²) in [4.78, 5) is 42.8. The molecule has 0 radical (unpaired) electrons. The molecule has 0 spiro atoms. The number of para-hydroxylation sites is 2. The quantitative estimate of drug-likeness (QED) is 0.431. The number of carbonyl (C=O) groups excluding carboxylic acids is 2. The molecule has 180 valence electrons. The van der Waals surface area contributed by atoms with Gasteiger partial charge in [0, 0.05) is 51.3 Å². The Bertz CT molecular complexity index is 1440. The van der Waals surface area contributed by atoms with E-state index in [1.807, 2.05) is 83.5 Å². The van der Waals surface area contributed by atoms with E-state index in [4.69, 9.17) is 0 Å². The number of benzene rings is 3. The SMILES string of the molecule is CCCn1c(=O)n(CCC(=O)N2CCN(C(=O)c3cccc4ccccc34)CC2)c2ccccc21. The van der Waals surface area contributed by atoms with E-state index in [-0.39, 0.29) is 23.9 Å². The average molecular weight is 471 g/mol. The second-order valence-corrected chi connectivity index (χ2v) is 9.02. The van der Waals surface area contributed by atoms with Gasteiger partial charge in [-0.1, -0.05) is 55.5 Å². The first-order valence-electron chi connectivity index (χ1n) is 12.3. The average Bonchev–Trinajstić information content (AvgIpc) is 3.17. The summed E-state index contributed by atoms with van der Waals surface area (Å²) in [5.41, 5.74) is 2.41. The topological polar surface area (TPSA) is 67.6 Å². The lowest BCUT2D eigenvalue weighted by Gasteiger charge is -2.35. The predicted octanol–water partition coefficient (Wildman–Crippen LogP) is 3.74. The van der Waals surface area contributed by atoms with Crippen LogP contribution in [-0.4, -0.2) is 56.9 Å². The summed E-state index contributed by atoms with van der Waals surface area (Å²) >= 11 is 0. The van der Waals surface area contributed by atoms with Crippen LogP contribution in [0.25, 0.3) is 21.8 Å². The highest BCUT2D eigenvalue weighted by atomic mass is 16.2. The molecule has 5 rings (SSSR count). The normalized spacial score (nSPS) is 14.1. The van der Waals surface area contributed by atoms with E-state index in [1.54, 1.807) is 9.13 Å². The second kappa shape index (κ2) is 9.78. The van der Waals surface area contributed by atoms with Crippen molar-refractivity contribution in [3.8, 4) is 0 Å². The van der Waals surface area contributed by atoms with Gasteiger partial charge in [0.25, 0.3) is 5.91 Å². The summed E-state index contributed by atoms with van der Waals surface area (Å²) in [5.74, 6) is 0.0191. The molecular formula is C28H30N4O3. The molecule has 1 fully saturated rings. The van der Waals surface area contributed by atoms with Crippen molar-refractivity contribution in [1.82, 2.24) is 18.9 Å². The van der Waals surface area contributed by atoms with Crippen molar-refractivity contribution in [2.24, 2.45) is 0 Å². The van der Waals surface area contributed by atoms with Crippen LogP contribution >= 0.6 is 0 Å². The van der Waals surface area contributed by atoms with Crippen LogP contribution in [0.4, 0.5) is 0 Å². The summed E-state index contributed by atoms with van der Waals surface area (Å²) in [6, 6.07) is 21.4.